The van der Waals surface area contributed by atoms with Gasteiger partial charge < -0.3 is 0 Å². The molecule has 2 heteroatoms. The molecule has 0 aromatic rings. The molecule has 0 saturated heterocycles. The van der Waals surface area contributed by atoms with Crippen molar-refractivity contribution >= 4 is 11.6 Å². The van der Waals surface area contributed by atoms with E-state index in [-0.39, 0.29) is 11.6 Å². The fourth-order valence-electron chi connectivity index (χ4n) is 1.76. The van der Waals surface area contributed by atoms with E-state index in [2.05, 4.69) is 6.92 Å². The molecule has 0 aromatic heterocycles. The van der Waals surface area contributed by atoms with E-state index in [1.807, 2.05) is 0 Å². The molecule has 0 unspecified atom stereocenters. The Balaban J connectivity index is 3.05. The fraction of sp³-hybridized carbons (Fsp3) is 0.462. The number of hydrogen-bond acceptors (Lipinski definition) is 2. The molecule has 0 amide bonds. The molecule has 0 saturated carbocycles. The minimum Gasteiger partial charge on any atom is -0.289 e. The SMILES string of the molecule is [CH2]CCCC1=C(C)C(=O)C(C)=C(C)C1=O. The van der Waals surface area contributed by atoms with Crippen molar-refractivity contribution < 1.29 is 9.59 Å². The lowest BCUT2D eigenvalue weighted by molar-refractivity contribution is -0.116. The Kier molecular flexibility index (Phi) is 3.61. The van der Waals surface area contributed by atoms with E-state index in [9.17, 15) is 9.59 Å². The second-order valence-electron chi connectivity index (χ2n) is 3.97. The highest BCUT2D eigenvalue weighted by atomic mass is 16.1. The van der Waals surface area contributed by atoms with Gasteiger partial charge in [-0.15, -0.1) is 0 Å². The molecule has 0 spiro atoms. The zero-order valence-electron chi connectivity index (χ0n) is 9.64. The van der Waals surface area contributed by atoms with Crippen molar-refractivity contribution in [1.29, 1.82) is 0 Å². The van der Waals surface area contributed by atoms with E-state index in [0.717, 1.165) is 12.8 Å². The summed E-state index contributed by atoms with van der Waals surface area (Å²) in [5.41, 5.74) is 2.50. The lowest BCUT2D eigenvalue weighted by atomic mass is 9.84. The number of unbranched alkanes of at least 4 members (excludes halogenated alkanes) is 1. The van der Waals surface area contributed by atoms with Crippen LogP contribution in [0, 0.1) is 6.92 Å². The Morgan fingerprint density at radius 1 is 0.933 bits per heavy atom. The van der Waals surface area contributed by atoms with Gasteiger partial charge in [0.25, 0.3) is 0 Å². The van der Waals surface area contributed by atoms with E-state index < -0.39 is 0 Å². The Bertz CT molecular complexity index is 370. The second kappa shape index (κ2) is 4.56. The minimum absolute atomic E-state index is 0.0196. The summed E-state index contributed by atoms with van der Waals surface area (Å²) in [7, 11) is 0. The minimum atomic E-state index is 0.0196. The summed E-state index contributed by atoms with van der Waals surface area (Å²) in [6.07, 6.45) is 2.32. The number of carbonyl (C=O) groups is 2. The van der Waals surface area contributed by atoms with Crippen LogP contribution in [-0.2, 0) is 9.59 Å². The molecule has 15 heavy (non-hydrogen) atoms. The summed E-state index contributed by atoms with van der Waals surface area (Å²) in [5, 5.41) is 0. The molecule has 0 N–H and O–H groups in total. The van der Waals surface area contributed by atoms with Crippen LogP contribution in [0.4, 0.5) is 0 Å². The van der Waals surface area contributed by atoms with Crippen LogP contribution in [0.2, 0.25) is 0 Å². The van der Waals surface area contributed by atoms with Gasteiger partial charge in [-0.25, -0.2) is 0 Å². The van der Waals surface area contributed by atoms with E-state index in [0.29, 0.717) is 28.7 Å². The first-order valence-electron chi connectivity index (χ1n) is 5.26. The predicted molar refractivity (Wildman–Crippen MR) is 60.3 cm³/mol. The highest BCUT2D eigenvalue weighted by molar-refractivity contribution is 6.24. The summed E-state index contributed by atoms with van der Waals surface area (Å²) < 4.78 is 0. The number of Topliss-reactive ketones (excluding diaryl/α,β-unsaturated/α-hetero) is 2. The van der Waals surface area contributed by atoms with Crippen LogP contribution in [0.5, 0.6) is 0 Å². The molecule has 1 aliphatic carbocycles. The van der Waals surface area contributed by atoms with Crippen molar-refractivity contribution in [2.45, 2.75) is 40.0 Å². The molecule has 1 aliphatic rings. The Morgan fingerprint density at radius 3 is 2.00 bits per heavy atom. The van der Waals surface area contributed by atoms with E-state index >= 15 is 0 Å². The molecule has 0 atom stereocenters. The van der Waals surface area contributed by atoms with Gasteiger partial charge in [0.2, 0.25) is 0 Å². The summed E-state index contributed by atoms with van der Waals surface area (Å²) in [4.78, 5) is 23.7. The van der Waals surface area contributed by atoms with Gasteiger partial charge in [-0.05, 0) is 33.6 Å². The average molecular weight is 205 g/mol. The van der Waals surface area contributed by atoms with Gasteiger partial charge in [-0.1, -0.05) is 13.3 Å². The summed E-state index contributed by atoms with van der Waals surface area (Å²) in [5.74, 6) is 0.0595. The number of hydrogen-bond donors (Lipinski definition) is 0. The van der Waals surface area contributed by atoms with Crippen molar-refractivity contribution in [3.05, 3.63) is 29.2 Å². The maximum atomic E-state index is 11.9. The van der Waals surface area contributed by atoms with Gasteiger partial charge >= 0.3 is 0 Å². The van der Waals surface area contributed by atoms with Crippen molar-refractivity contribution in [2.75, 3.05) is 0 Å². The maximum Gasteiger partial charge on any atom is 0.185 e. The normalized spacial score (nSPS) is 17.9. The highest BCUT2D eigenvalue weighted by Crippen LogP contribution is 2.27. The first-order chi connectivity index (χ1) is 7.00. The van der Waals surface area contributed by atoms with E-state index in [1.54, 1.807) is 20.8 Å². The van der Waals surface area contributed by atoms with E-state index in [1.165, 1.54) is 0 Å². The number of ketones is 2. The monoisotopic (exact) mass is 205 g/mol. The second-order valence-corrected chi connectivity index (χ2v) is 3.97. The van der Waals surface area contributed by atoms with Crippen molar-refractivity contribution in [1.82, 2.24) is 0 Å². The summed E-state index contributed by atoms with van der Waals surface area (Å²) in [6.45, 7) is 8.93. The predicted octanol–water partition coefficient (Wildman–Crippen LogP) is 2.80. The van der Waals surface area contributed by atoms with Gasteiger partial charge in [0.1, 0.15) is 0 Å². The molecule has 2 nitrogen and oxygen atoms in total. The van der Waals surface area contributed by atoms with Crippen LogP contribution in [0.1, 0.15) is 40.0 Å². The van der Waals surface area contributed by atoms with Crippen LogP contribution in [-0.4, -0.2) is 11.6 Å². The largest absolute Gasteiger partial charge is 0.289 e. The van der Waals surface area contributed by atoms with Gasteiger partial charge in [0, 0.05) is 22.3 Å². The standard InChI is InChI=1S/C13H17O2/c1-5-6-7-11-10(4)12(14)8(2)9(3)13(11)15/h1,5-7H2,2-4H3. The molecule has 0 aromatic carbocycles. The van der Waals surface area contributed by atoms with Crippen molar-refractivity contribution in [2.24, 2.45) is 0 Å². The zero-order valence-corrected chi connectivity index (χ0v) is 9.64. The van der Waals surface area contributed by atoms with Crippen LogP contribution in [0.25, 0.3) is 0 Å². The number of allylic oxidation sites excluding steroid dienone is 4. The van der Waals surface area contributed by atoms with Gasteiger partial charge in [0.15, 0.2) is 11.6 Å². The molecular formula is C13H17O2. The molecular weight excluding hydrogens is 188 g/mol. The van der Waals surface area contributed by atoms with Crippen LogP contribution in [0.3, 0.4) is 0 Å². The average Bonchev–Trinajstić information content (AvgIpc) is 2.24. The Labute approximate surface area is 91.1 Å². The van der Waals surface area contributed by atoms with Crippen LogP contribution in [0.15, 0.2) is 22.3 Å². The fourth-order valence-corrected chi connectivity index (χ4v) is 1.76. The first kappa shape index (κ1) is 11.9. The number of rotatable bonds is 3. The lowest BCUT2D eigenvalue weighted by Gasteiger charge is -2.18. The van der Waals surface area contributed by atoms with Gasteiger partial charge in [-0.2, -0.15) is 0 Å². The molecule has 81 valence electrons. The van der Waals surface area contributed by atoms with Crippen LogP contribution < -0.4 is 0 Å². The van der Waals surface area contributed by atoms with Gasteiger partial charge in [-0.3, -0.25) is 9.59 Å². The third-order valence-electron chi connectivity index (χ3n) is 2.99. The molecule has 1 radical (unpaired) electrons. The lowest BCUT2D eigenvalue weighted by Crippen LogP contribution is -2.20. The third-order valence-corrected chi connectivity index (χ3v) is 2.99. The summed E-state index contributed by atoms with van der Waals surface area (Å²) in [6, 6.07) is 0. The summed E-state index contributed by atoms with van der Waals surface area (Å²) >= 11 is 0. The Hall–Kier alpha value is -1.18. The first-order valence-corrected chi connectivity index (χ1v) is 5.26. The highest BCUT2D eigenvalue weighted by Gasteiger charge is 2.26. The maximum absolute atomic E-state index is 11.9. The number of carbonyl (C=O) groups excluding carboxylic acids is 2. The topological polar surface area (TPSA) is 34.1 Å². The van der Waals surface area contributed by atoms with Crippen molar-refractivity contribution in [3.8, 4) is 0 Å². The smallest absolute Gasteiger partial charge is 0.185 e. The molecule has 1 rings (SSSR count). The molecule has 0 aliphatic heterocycles. The van der Waals surface area contributed by atoms with Crippen LogP contribution >= 0.6 is 0 Å². The van der Waals surface area contributed by atoms with Crippen molar-refractivity contribution in [3.63, 3.8) is 0 Å². The molecule has 0 heterocycles. The third kappa shape index (κ3) is 2.09. The molecule has 0 bridgehead atoms. The molecule has 0 fully saturated rings. The van der Waals surface area contributed by atoms with E-state index in [4.69, 9.17) is 0 Å². The quantitative estimate of drug-likeness (QED) is 0.664. The van der Waals surface area contributed by atoms with Gasteiger partial charge in [0.05, 0.1) is 0 Å². The Morgan fingerprint density at radius 2 is 1.47 bits per heavy atom. The zero-order chi connectivity index (χ0) is 11.6.